The Labute approximate surface area is 196 Å². The summed E-state index contributed by atoms with van der Waals surface area (Å²) >= 11 is 1.07. The summed E-state index contributed by atoms with van der Waals surface area (Å²) in [5.41, 5.74) is 3.41. The zero-order valence-corrected chi connectivity index (χ0v) is 20.3. The number of rotatable bonds is 6. The first-order valence-electron chi connectivity index (χ1n) is 10.8. The Kier molecular flexibility index (Phi) is 5.55. The van der Waals surface area contributed by atoms with Crippen LogP contribution in [0.25, 0.3) is 0 Å². The minimum Gasteiger partial charge on any atom is -0.511 e. The second-order valence-electron chi connectivity index (χ2n) is 8.85. The van der Waals surface area contributed by atoms with Gasteiger partial charge in [-0.25, -0.2) is 18.6 Å². The van der Waals surface area contributed by atoms with Gasteiger partial charge in [0, 0.05) is 24.1 Å². The monoisotopic (exact) mass is 515 g/mol. The minimum atomic E-state index is -4.23. The zero-order chi connectivity index (χ0) is 23.5. The average molecular weight is 516 g/mol. The number of aliphatic hydroxyl groups is 1. The maximum absolute atomic E-state index is 13.5. The molecule has 2 aliphatic heterocycles. The second-order valence-corrected chi connectivity index (χ2v) is 13.1. The number of thiophene rings is 1. The molecule has 0 saturated heterocycles. The van der Waals surface area contributed by atoms with Crippen molar-refractivity contribution in [1.82, 2.24) is 15.2 Å². The summed E-state index contributed by atoms with van der Waals surface area (Å²) in [6.07, 6.45) is 6.31. The molecule has 1 aromatic heterocycles. The molecule has 5 rings (SSSR count). The fraction of sp³-hybridized carbons (Fsp3) is 0.579. The predicted molar refractivity (Wildman–Crippen MR) is 123 cm³/mol. The fourth-order valence-electron chi connectivity index (χ4n) is 4.73. The molecule has 0 radical (unpaired) electrons. The smallest absolute Gasteiger partial charge is 0.287 e. The van der Waals surface area contributed by atoms with Gasteiger partial charge in [-0.2, -0.15) is 8.42 Å². The zero-order valence-electron chi connectivity index (χ0n) is 17.9. The van der Waals surface area contributed by atoms with E-state index in [1.165, 1.54) is 5.38 Å². The summed E-state index contributed by atoms with van der Waals surface area (Å²) in [7, 11) is -7.76. The third kappa shape index (κ3) is 4.07. The molecule has 4 aliphatic rings. The first-order chi connectivity index (χ1) is 15.5. The molecule has 2 aliphatic carbocycles. The number of fused-ring (bicyclic) bond motifs is 2. The van der Waals surface area contributed by atoms with E-state index >= 15 is 0 Å². The van der Waals surface area contributed by atoms with E-state index in [0.29, 0.717) is 6.42 Å². The summed E-state index contributed by atoms with van der Waals surface area (Å²) in [5.74, 6) is -1.12. The molecule has 2 atom stereocenters. The lowest BCUT2D eigenvalue weighted by Crippen LogP contribution is -2.59. The topological polar surface area (TPSA) is 157 Å². The van der Waals surface area contributed by atoms with Gasteiger partial charge < -0.3 is 10.4 Å². The number of hydrazine groups is 1. The lowest BCUT2D eigenvalue weighted by molar-refractivity contribution is -0.137. The molecule has 1 aromatic rings. The van der Waals surface area contributed by atoms with Crippen molar-refractivity contribution in [3.63, 3.8) is 0 Å². The SMILES string of the molecule is CS(=O)(=O)NCc1csc2c1S(=O)(=O)N=C(C1=C(O)C3CCCC3N(NC3CCC3)C1=O)N2. The van der Waals surface area contributed by atoms with Gasteiger partial charge in [-0.05, 0) is 31.1 Å². The van der Waals surface area contributed by atoms with Crippen molar-refractivity contribution in [3.05, 3.63) is 22.3 Å². The maximum Gasteiger partial charge on any atom is 0.287 e. The van der Waals surface area contributed by atoms with E-state index in [0.717, 1.165) is 49.7 Å². The number of anilines is 1. The van der Waals surface area contributed by atoms with Gasteiger partial charge >= 0.3 is 0 Å². The number of amides is 1. The quantitative estimate of drug-likeness (QED) is 0.440. The van der Waals surface area contributed by atoms with Crippen molar-refractivity contribution in [1.29, 1.82) is 0 Å². The maximum atomic E-state index is 13.5. The van der Waals surface area contributed by atoms with Gasteiger partial charge in [-0.3, -0.25) is 9.80 Å². The first kappa shape index (κ1) is 22.8. The number of sulfonamides is 2. The summed E-state index contributed by atoms with van der Waals surface area (Å²) in [6.45, 7) is -0.202. The Morgan fingerprint density at radius 2 is 2.00 bits per heavy atom. The highest BCUT2D eigenvalue weighted by Gasteiger charge is 2.48. The van der Waals surface area contributed by atoms with Crippen molar-refractivity contribution in [2.45, 2.75) is 62.0 Å². The highest BCUT2D eigenvalue weighted by Crippen LogP contribution is 2.42. The lowest BCUT2D eigenvalue weighted by atomic mass is 9.90. The van der Waals surface area contributed by atoms with Gasteiger partial charge in [0.25, 0.3) is 15.9 Å². The lowest BCUT2D eigenvalue weighted by Gasteiger charge is -2.42. The van der Waals surface area contributed by atoms with Gasteiger partial charge in [0.1, 0.15) is 21.2 Å². The van der Waals surface area contributed by atoms with Crippen LogP contribution >= 0.6 is 11.3 Å². The van der Waals surface area contributed by atoms with Crippen LogP contribution < -0.4 is 15.5 Å². The van der Waals surface area contributed by atoms with Crippen molar-refractivity contribution in [2.75, 3.05) is 11.6 Å². The van der Waals surface area contributed by atoms with E-state index in [-0.39, 0.29) is 57.2 Å². The van der Waals surface area contributed by atoms with Gasteiger partial charge in [0.05, 0.1) is 12.3 Å². The Bertz CT molecular complexity index is 1280. The van der Waals surface area contributed by atoms with E-state index in [2.05, 4.69) is 19.9 Å². The number of nitrogens with one attached hydrogen (secondary N) is 3. The highest BCUT2D eigenvalue weighted by atomic mass is 32.2. The molecule has 180 valence electrons. The number of hydrogen-bond donors (Lipinski definition) is 4. The normalized spacial score (nSPS) is 27.0. The molecule has 0 bridgehead atoms. The molecule has 11 nitrogen and oxygen atoms in total. The number of carbonyl (C=O) groups excluding carboxylic acids is 1. The molecule has 14 heteroatoms. The van der Waals surface area contributed by atoms with Crippen LogP contribution in [0.1, 0.15) is 44.1 Å². The number of carbonyl (C=O) groups is 1. The summed E-state index contributed by atoms with van der Waals surface area (Å²) in [4.78, 5) is 13.3. The van der Waals surface area contributed by atoms with Gasteiger partial charge in [-0.1, -0.05) is 12.8 Å². The van der Waals surface area contributed by atoms with E-state index in [4.69, 9.17) is 0 Å². The second kappa shape index (κ2) is 8.05. The Morgan fingerprint density at radius 1 is 1.27 bits per heavy atom. The Morgan fingerprint density at radius 3 is 2.67 bits per heavy atom. The third-order valence-corrected chi connectivity index (χ3v) is 9.71. The third-order valence-electron chi connectivity index (χ3n) is 6.56. The minimum absolute atomic E-state index is 0.126. The largest absolute Gasteiger partial charge is 0.511 e. The van der Waals surface area contributed by atoms with Gasteiger partial charge in [-0.15, -0.1) is 15.7 Å². The predicted octanol–water partition coefficient (Wildman–Crippen LogP) is 1.19. The summed E-state index contributed by atoms with van der Waals surface area (Å²) in [5, 5.41) is 17.2. The van der Waals surface area contributed by atoms with E-state index in [1.54, 1.807) is 5.01 Å². The molecule has 0 spiro atoms. The average Bonchev–Trinajstić information content (AvgIpc) is 3.31. The Hall–Kier alpha value is -2.00. The van der Waals surface area contributed by atoms with Crippen LogP contribution in [0.2, 0.25) is 0 Å². The first-order valence-corrected chi connectivity index (χ1v) is 15.0. The number of hydrogen-bond acceptors (Lipinski definition) is 9. The van der Waals surface area contributed by atoms with Gasteiger partial charge in [0.2, 0.25) is 10.0 Å². The molecular weight excluding hydrogens is 490 g/mol. The van der Waals surface area contributed by atoms with Crippen molar-refractivity contribution >= 4 is 48.1 Å². The van der Waals surface area contributed by atoms with Crippen molar-refractivity contribution in [3.8, 4) is 0 Å². The van der Waals surface area contributed by atoms with Crippen LogP contribution in [-0.4, -0.2) is 57.0 Å². The van der Waals surface area contributed by atoms with Crippen LogP contribution in [0.3, 0.4) is 0 Å². The number of aliphatic hydroxyl groups excluding tert-OH is 1. The molecule has 1 amide bonds. The molecule has 4 N–H and O–H groups in total. The fourth-order valence-corrected chi connectivity index (χ4v) is 7.76. The molecular formula is C19H25N5O6S3. The standard InChI is InChI=1S/C19H25N5O6S3/c1-32(27,28)20-8-10-9-31-18-16(10)33(29,30)23-17(21-18)14-15(25)12-6-3-7-13(12)24(19(14)26)22-11-4-2-5-11/h9,11-13,20,22,25H,2-8H2,1H3,(H,21,23). The van der Waals surface area contributed by atoms with Crippen LogP contribution in [0, 0.1) is 5.92 Å². The molecule has 33 heavy (non-hydrogen) atoms. The Balaban J connectivity index is 1.50. The van der Waals surface area contributed by atoms with Crippen molar-refractivity contribution in [2.24, 2.45) is 10.3 Å². The molecule has 2 saturated carbocycles. The van der Waals surface area contributed by atoms with Gasteiger partial charge in [0.15, 0.2) is 5.84 Å². The highest BCUT2D eigenvalue weighted by molar-refractivity contribution is 7.91. The number of nitrogens with zero attached hydrogens (tertiary/aromatic N) is 2. The van der Waals surface area contributed by atoms with E-state index in [9.17, 15) is 26.7 Å². The summed E-state index contributed by atoms with van der Waals surface area (Å²) in [6, 6.07) is 0.0177. The van der Waals surface area contributed by atoms with Crippen LogP contribution in [0.15, 0.2) is 26.0 Å². The molecule has 2 unspecified atom stereocenters. The molecule has 2 fully saturated rings. The van der Waals surface area contributed by atoms with E-state index in [1.807, 2.05) is 0 Å². The number of amidine groups is 1. The van der Waals surface area contributed by atoms with Crippen LogP contribution in [0.5, 0.6) is 0 Å². The summed E-state index contributed by atoms with van der Waals surface area (Å²) < 4.78 is 55.1. The molecule has 0 aromatic carbocycles. The van der Waals surface area contributed by atoms with Crippen LogP contribution in [0.4, 0.5) is 5.00 Å². The van der Waals surface area contributed by atoms with Crippen LogP contribution in [-0.2, 0) is 31.4 Å². The van der Waals surface area contributed by atoms with Crippen molar-refractivity contribution < 1.29 is 26.7 Å². The van der Waals surface area contributed by atoms with E-state index < -0.39 is 26.0 Å². The molecule has 3 heterocycles.